The average molecular weight is 200 g/mol. The number of aromatic carboxylic acids is 1. The molecule has 0 spiro atoms. The minimum Gasteiger partial charge on any atom is -0.477 e. The molecule has 0 aliphatic carbocycles. The quantitative estimate of drug-likeness (QED) is 0.534. The Bertz CT molecular complexity index is 427. The van der Waals surface area contributed by atoms with Gasteiger partial charge in [0.15, 0.2) is 0 Å². The zero-order valence-corrected chi connectivity index (χ0v) is 7.06. The maximum absolute atomic E-state index is 11.1. The van der Waals surface area contributed by atoms with Crippen LogP contribution in [-0.2, 0) is 6.54 Å². The van der Waals surface area contributed by atoms with Crippen molar-refractivity contribution in [3.63, 3.8) is 0 Å². The van der Waals surface area contributed by atoms with Crippen molar-refractivity contribution in [2.24, 2.45) is 0 Å². The Hall–Kier alpha value is -1.89. The van der Waals surface area contributed by atoms with E-state index in [2.05, 4.69) is 0 Å². The van der Waals surface area contributed by atoms with E-state index in [-0.39, 0.29) is 13.2 Å². The van der Waals surface area contributed by atoms with Crippen LogP contribution in [0.3, 0.4) is 0 Å². The number of nitrogens with zero attached hydrogens (tertiary/aromatic N) is 1. The lowest BCUT2D eigenvalue weighted by atomic mass is 10.4. The Labute approximate surface area is 77.2 Å². The molecule has 0 amide bonds. The maximum atomic E-state index is 11.1. The Morgan fingerprint density at radius 1 is 1.50 bits per heavy atom. The molecule has 0 fully saturated rings. The zero-order valence-electron chi connectivity index (χ0n) is 7.06. The van der Waals surface area contributed by atoms with Crippen LogP contribution in [0.2, 0.25) is 0 Å². The summed E-state index contributed by atoms with van der Waals surface area (Å²) in [5.74, 6) is -1.38. The molecule has 14 heavy (non-hydrogen) atoms. The van der Waals surface area contributed by atoms with E-state index in [1.165, 1.54) is 0 Å². The highest BCUT2D eigenvalue weighted by molar-refractivity contribution is 5.84. The Kier molecular flexibility index (Phi) is 2.82. The molecule has 0 radical (unpaired) electrons. The normalized spacial score (nSPS) is 10.1. The van der Waals surface area contributed by atoms with Gasteiger partial charge in [0.05, 0.1) is 13.2 Å². The fourth-order valence-electron chi connectivity index (χ4n) is 0.947. The highest BCUT2D eigenvalue weighted by Crippen LogP contribution is 1.84. The van der Waals surface area contributed by atoms with Gasteiger partial charge >= 0.3 is 11.7 Å². The zero-order chi connectivity index (χ0) is 10.7. The number of nitrogens with one attached hydrogen (secondary N) is 1. The summed E-state index contributed by atoms with van der Waals surface area (Å²) in [7, 11) is 0. The van der Waals surface area contributed by atoms with Crippen molar-refractivity contribution in [1.29, 1.82) is 0 Å². The van der Waals surface area contributed by atoms with Crippen LogP contribution < -0.4 is 11.2 Å². The van der Waals surface area contributed by atoms with Gasteiger partial charge in [0.25, 0.3) is 5.56 Å². The standard InChI is InChI=1S/C7H8N2O5/c10-2-1-9-5(11)3-4(6(12)13)8-7(9)14/h3,10H,1-2H2,(H,8,14)(H,12,13). The van der Waals surface area contributed by atoms with Crippen LogP contribution in [0.15, 0.2) is 15.7 Å². The Balaban J connectivity index is 3.33. The molecule has 0 aliphatic heterocycles. The van der Waals surface area contributed by atoms with E-state index in [4.69, 9.17) is 10.2 Å². The second-order valence-electron chi connectivity index (χ2n) is 2.51. The summed E-state index contributed by atoms with van der Waals surface area (Å²) >= 11 is 0. The van der Waals surface area contributed by atoms with Gasteiger partial charge in [-0.25, -0.2) is 9.59 Å². The lowest BCUT2D eigenvalue weighted by molar-refractivity contribution is 0.0689. The van der Waals surface area contributed by atoms with Crippen molar-refractivity contribution >= 4 is 5.97 Å². The first-order valence-corrected chi connectivity index (χ1v) is 3.74. The van der Waals surface area contributed by atoms with Gasteiger partial charge in [-0.15, -0.1) is 0 Å². The molecule has 1 rings (SSSR count). The van der Waals surface area contributed by atoms with E-state index in [0.29, 0.717) is 4.57 Å². The lowest BCUT2D eigenvalue weighted by Gasteiger charge is -2.01. The summed E-state index contributed by atoms with van der Waals surface area (Å²) in [5, 5.41) is 17.0. The third-order valence-electron chi connectivity index (χ3n) is 1.57. The molecule has 1 aromatic heterocycles. The number of rotatable bonds is 3. The van der Waals surface area contributed by atoms with E-state index < -0.39 is 22.9 Å². The molecule has 1 heterocycles. The predicted molar refractivity (Wildman–Crippen MR) is 45.4 cm³/mol. The van der Waals surface area contributed by atoms with Crippen LogP contribution in [-0.4, -0.2) is 32.3 Å². The average Bonchev–Trinajstić information content (AvgIpc) is 2.10. The summed E-state index contributed by atoms with van der Waals surface area (Å²) in [4.78, 5) is 34.6. The molecule has 3 N–H and O–H groups in total. The second kappa shape index (κ2) is 3.88. The maximum Gasteiger partial charge on any atom is 0.352 e. The third kappa shape index (κ3) is 1.88. The van der Waals surface area contributed by atoms with E-state index in [9.17, 15) is 14.4 Å². The summed E-state index contributed by atoms with van der Waals surface area (Å²) in [6.07, 6.45) is 0. The summed E-state index contributed by atoms with van der Waals surface area (Å²) in [6, 6.07) is 0.791. The molecular weight excluding hydrogens is 192 g/mol. The minimum absolute atomic E-state index is 0.159. The highest BCUT2D eigenvalue weighted by atomic mass is 16.4. The van der Waals surface area contributed by atoms with Gasteiger partial charge in [0.1, 0.15) is 5.69 Å². The minimum atomic E-state index is -1.38. The topological polar surface area (TPSA) is 112 Å². The SMILES string of the molecule is O=C(O)c1cc(=O)n(CCO)c(=O)[nH]1. The number of hydrogen-bond acceptors (Lipinski definition) is 4. The van der Waals surface area contributed by atoms with Gasteiger partial charge in [-0.2, -0.15) is 0 Å². The molecule has 0 unspecified atom stereocenters. The molecule has 0 atom stereocenters. The number of aliphatic hydroxyl groups excluding tert-OH is 1. The number of carbonyl (C=O) groups is 1. The van der Waals surface area contributed by atoms with Crippen molar-refractivity contribution in [2.45, 2.75) is 6.54 Å². The largest absolute Gasteiger partial charge is 0.477 e. The van der Waals surface area contributed by atoms with Crippen LogP contribution in [0, 0.1) is 0 Å². The van der Waals surface area contributed by atoms with Crippen LogP contribution >= 0.6 is 0 Å². The lowest BCUT2D eigenvalue weighted by Crippen LogP contribution is -2.37. The van der Waals surface area contributed by atoms with Crippen molar-refractivity contribution < 1.29 is 15.0 Å². The number of aromatic amines is 1. The number of aliphatic hydroxyl groups is 1. The molecule has 0 saturated carbocycles. The second-order valence-corrected chi connectivity index (χ2v) is 2.51. The Morgan fingerprint density at radius 3 is 2.57 bits per heavy atom. The Morgan fingerprint density at radius 2 is 2.14 bits per heavy atom. The predicted octanol–water partition coefficient (Wildman–Crippen LogP) is -1.77. The molecule has 7 nitrogen and oxygen atoms in total. The van der Waals surface area contributed by atoms with Crippen LogP contribution in [0.5, 0.6) is 0 Å². The van der Waals surface area contributed by atoms with Crippen molar-refractivity contribution in [3.8, 4) is 0 Å². The van der Waals surface area contributed by atoms with Crippen molar-refractivity contribution in [3.05, 3.63) is 32.6 Å². The summed E-state index contributed by atoms with van der Waals surface area (Å²) in [5.41, 5.74) is -2.06. The number of H-pyrrole nitrogens is 1. The smallest absolute Gasteiger partial charge is 0.352 e. The number of aromatic nitrogens is 2. The van der Waals surface area contributed by atoms with E-state index in [1.807, 2.05) is 4.98 Å². The summed E-state index contributed by atoms with van der Waals surface area (Å²) in [6.45, 7) is -0.524. The molecule has 76 valence electrons. The third-order valence-corrected chi connectivity index (χ3v) is 1.57. The van der Waals surface area contributed by atoms with Gasteiger partial charge < -0.3 is 15.2 Å². The van der Waals surface area contributed by atoms with Gasteiger partial charge in [-0.3, -0.25) is 9.36 Å². The van der Waals surface area contributed by atoms with E-state index in [0.717, 1.165) is 6.07 Å². The molecular formula is C7H8N2O5. The van der Waals surface area contributed by atoms with Gasteiger partial charge in [0, 0.05) is 6.07 Å². The van der Waals surface area contributed by atoms with Gasteiger partial charge in [0.2, 0.25) is 0 Å². The number of carboxylic acid groups (broad SMARTS) is 1. The van der Waals surface area contributed by atoms with E-state index >= 15 is 0 Å². The summed E-state index contributed by atoms with van der Waals surface area (Å²) < 4.78 is 0.715. The molecule has 0 aromatic carbocycles. The van der Waals surface area contributed by atoms with Crippen molar-refractivity contribution in [2.75, 3.05) is 6.61 Å². The molecule has 0 saturated heterocycles. The number of carboxylic acids is 1. The first-order chi connectivity index (χ1) is 6.56. The number of hydrogen-bond donors (Lipinski definition) is 3. The molecule has 7 heteroatoms. The molecule has 1 aromatic rings. The van der Waals surface area contributed by atoms with E-state index in [1.54, 1.807) is 0 Å². The monoisotopic (exact) mass is 200 g/mol. The fourth-order valence-corrected chi connectivity index (χ4v) is 0.947. The van der Waals surface area contributed by atoms with Crippen molar-refractivity contribution in [1.82, 2.24) is 9.55 Å². The first-order valence-electron chi connectivity index (χ1n) is 3.74. The van der Waals surface area contributed by atoms with Gasteiger partial charge in [-0.05, 0) is 0 Å². The van der Waals surface area contributed by atoms with Crippen LogP contribution in [0.4, 0.5) is 0 Å². The molecule has 0 bridgehead atoms. The van der Waals surface area contributed by atoms with Gasteiger partial charge in [-0.1, -0.05) is 0 Å². The highest BCUT2D eigenvalue weighted by Gasteiger charge is 2.08. The molecule has 0 aliphatic rings. The fraction of sp³-hybridized carbons (Fsp3) is 0.286. The van der Waals surface area contributed by atoms with Crippen LogP contribution in [0.1, 0.15) is 10.5 Å². The first kappa shape index (κ1) is 10.2. The van der Waals surface area contributed by atoms with Crippen LogP contribution in [0.25, 0.3) is 0 Å².